The third-order valence-corrected chi connectivity index (χ3v) is 3.81. The van der Waals surface area contributed by atoms with Crippen molar-refractivity contribution in [1.82, 2.24) is 9.71 Å². The first-order valence-electron chi connectivity index (χ1n) is 5.46. The number of benzene rings is 1. The van der Waals surface area contributed by atoms with E-state index < -0.39 is 15.9 Å². The number of nitrogens with one attached hydrogen (secondary N) is 1. The number of ketones is 1. The molecule has 104 valence electrons. The van der Waals surface area contributed by atoms with Crippen molar-refractivity contribution in [3.05, 3.63) is 48.2 Å². The molecule has 0 unspecified atom stereocenters. The van der Waals surface area contributed by atoms with Crippen molar-refractivity contribution in [1.29, 1.82) is 0 Å². The van der Waals surface area contributed by atoms with Crippen molar-refractivity contribution < 1.29 is 22.4 Å². The Hall–Kier alpha value is -2.48. The van der Waals surface area contributed by atoms with Crippen molar-refractivity contribution >= 4 is 21.7 Å². The summed E-state index contributed by atoms with van der Waals surface area (Å²) in [5.74, 6) is -1.07. The largest absolute Gasteiger partial charge is 0.451 e. The quantitative estimate of drug-likeness (QED) is 0.843. The maximum Gasteiger partial charge on any atom is 0.286 e. The number of hydrogen-bond donors (Lipinski definition) is 1. The molecule has 0 saturated heterocycles. The van der Waals surface area contributed by atoms with Gasteiger partial charge in [0.25, 0.3) is 15.9 Å². The molecule has 1 amide bonds. The van der Waals surface area contributed by atoms with Gasteiger partial charge in [0.15, 0.2) is 17.9 Å². The van der Waals surface area contributed by atoms with Gasteiger partial charge >= 0.3 is 0 Å². The van der Waals surface area contributed by atoms with Crippen molar-refractivity contribution in [3.8, 4) is 0 Å². The first-order chi connectivity index (χ1) is 9.40. The lowest BCUT2D eigenvalue weighted by molar-refractivity contribution is 0.0974. The van der Waals surface area contributed by atoms with Gasteiger partial charge in [-0.25, -0.2) is 18.1 Å². The van der Waals surface area contributed by atoms with E-state index >= 15 is 0 Å². The number of carbonyl (C=O) groups excluding carboxylic acids is 2. The summed E-state index contributed by atoms with van der Waals surface area (Å²) in [6.45, 7) is 1.37. The number of aromatic nitrogens is 1. The average molecular weight is 294 g/mol. The number of sulfonamides is 1. The topological polar surface area (TPSA) is 106 Å². The fraction of sp³-hybridized carbons (Fsp3) is 0.0833. The molecular weight excluding hydrogens is 284 g/mol. The van der Waals surface area contributed by atoms with Gasteiger partial charge in [-0.2, -0.15) is 0 Å². The number of hydrogen-bond acceptors (Lipinski definition) is 6. The highest BCUT2D eigenvalue weighted by molar-refractivity contribution is 7.90. The number of oxazole rings is 1. The number of nitrogens with zero attached hydrogens (tertiary/aromatic N) is 1. The van der Waals surface area contributed by atoms with Crippen LogP contribution in [0.1, 0.15) is 27.8 Å². The number of Topliss-reactive ketones (excluding diaryl/α,β-unsaturated/α-hetero) is 1. The summed E-state index contributed by atoms with van der Waals surface area (Å²) in [7, 11) is -4.02. The second kappa shape index (κ2) is 5.25. The van der Waals surface area contributed by atoms with E-state index in [2.05, 4.69) is 9.40 Å². The van der Waals surface area contributed by atoms with Crippen molar-refractivity contribution in [2.24, 2.45) is 0 Å². The summed E-state index contributed by atoms with van der Waals surface area (Å²) in [5, 5.41) is 0. The summed E-state index contributed by atoms with van der Waals surface area (Å²) < 4.78 is 30.3. The summed E-state index contributed by atoms with van der Waals surface area (Å²) in [6.07, 6.45) is 2.05. The number of rotatable bonds is 4. The molecule has 0 aliphatic rings. The molecule has 0 atom stereocenters. The predicted molar refractivity (Wildman–Crippen MR) is 67.6 cm³/mol. The summed E-state index contributed by atoms with van der Waals surface area (Å²) in [6, 6.07) is 5.24. The average Bonchev–Trinajstić information content (AvgIpc) is 2.92. The molecule has 1 aromatic carbocycles. The van der Waals surface area contributed by atoms with Crippen molar-refractivity contribution in [3.63, 3.8) is 0 Å². The Morgan fingerprint density at radius 2 is 1.85 bits per heavy atom. The van der Waals surface area contributed by atoms with E-state index in [1.165, 1.54) is 31.2 Å². The normalized spacial score (nSPS) is 11.1. The maximum absolute atomic E-state index is 11.9. The zero-order valence-electron chi connectivity index (χ0n) is 10.4. The zero-order chi connectivity index (χ0) is 14.8. The number of carbonyl (C=O) groups is 2. The second-order valence-electron chi connectivity index (χ2n) is 3.89. The molecule has 1 aromatic heterocycles. The molecule has 0 aliphatic heterocycles. The van der Waals surface area contributed by atoms with Crippen LogP contribution in [-0.4, -0.2) is 25.1 Å². The van der Waals surface area contributed by atoms with Gasteiger partial charge in [-0.15, -0.1) is 0 Å². The van der Waals surface area contributed by atoms with E-state index in [0.29, 0.717) is 5.56 Å². The minimum atomic E-state index is -4.02. The lowest BCUT2D eigenvalue weighted by Gasteiger charge is -2.05. The third-order valence-electron chi connectivity index (χ3n) is 2.46. The zero-order valence-corrected chi connectivity index (χ0v) is 11.2. The van der Waals surface area contributed by atoms with E-state index in [1.807, 2.05) is 4.72 Å². The lowest BCUT2D eigenvalue weighted by atomic mass is 10.2. The van der Waals surface area contributed by atoms with E-state index in [4.69, 9.17) is 0 Å². The molecule has 0 aliphatic carbocycles. The lowest BCUT2D eigenvalue weighted by Crippen LogP contribution is -2.30. The van der Waals surface area contributed by atoms with E-state index in [1.54, 1.807) is 0 Å². The van der Waals surface area contributed by atoms with Crippen LogP contribution >= 0.6 is 0 Å². The minimum absolute atomic E-state index is 0.126. The van der Waals surface area contributed by atoms with Crippen LogP contribution < -0.4 is 4.72 Å². The molecule has 0 fully saturated rings. The first-order valence-corrected chi connectivity index (χ1v) is 6.95. The highest BCUT2D eigenvalue weighted by Gasteiger charge is 2.20. The summed E-state index contributed by atoms with van der Waals surface area (Å²) in [4.78, 5) is 26.1. The molecule has 1 heterocycles. The van der Waals surface area contributed by atoms with Crippen molar-refractivity contribution in [2.75, 3.05) is 0 Å². The van der Waals surface area contributed by atoms with Crippen LogP contribution in [0, 0.1) is 0 Å². The Bertz CT molecular complexity index is 733. The molecule has 0 spiro atoms. The van der Waals surface area contributed by atoms with Gasteiger partial charge in [-0.3, -0.25) is 9.59 Å². The van der Waals surface area contributed by atoms with Crippen LogP contribution in [0.4, 0.5) is 0 Å². The maximum atomic E-state index is 11.9. The van der Waals surface area contributed by atoms with Gasteiger partial charge in [-0.05, 0) is 19.1 Å². The highest BCUT2D eigenvalue weighted by Crippen LogP contribution is 2.11. The molecule has 0 radical (unpaired) electrons. The van der Waals surface area contributed by atoms with Gasteiger partial charge in [0.2, 0.25) is 0 Å². The molecule has 0 saturated carbocycles. The number of amides is 1. The van der Waals surface area contributed by atoms with Crippen molar-refractivity contribution in [2.45, 2.75) is 11.8 Å². The Morgan fingerprint density at radius 3 is 2.35 bits per heavy atom. The molecule has 7 nitrogen and oxygen atoms in total. The van der Waals surface area contributed by atoms with Gasteiger partial charge in [-0.1, -0.05) is 12.1 Å². The van der Waals surface area contributed by atoms with Gasteiger partial charge in [0.05, 0.1) is 4.90 Å². The highest BCUT2D eigenvalue weighted by atomic mass is 32.2. The summed E-state index contributed by atoms with van der Waals surface area (Å²) in [5.41, 5.74) is 0.237. The van der Waals surface area contributed by atoms with E-state index in [9.17, 15) is 18.0 Å². The SMILES string of the molecule is CC(=O)c1ccc(S(=O)(=O)NC(=O)c2cocn2)cc1. The van der Waals surface area contributed by atoms with Crippen LogP contribution in [0.3, 0.4) is 0 Å². The van der Waals surface area contributed by atoms with Crippen LogP contribution in [0.25, 0.3) is 0 Å². The molecule has 1 N–H and O–H groups in total. The third kappa shape index (κ3) is 2.91. The van der Waals surface area contributed by atoms with Gasteiger partial charge in [0, 0.05) is 5.56 Å². The van der Waals surface area contributed by atoms with Gasteiger partial charge in [0.1, 0.15) is 6.26 Å². The Labute approximate surface area is 114 Å². The van der Waals surface area contributed by atoms with E-state index in [-0.39, 0.29) is 16.4 Å². The minimum Gasteiger partial charge on any atom is -0.451 e. The standard InChI is InChI=1S/C12H10N2O5S/c1-8(15)9-2-4-10(5-3-9)20(17,18)14-12(16)11-6-19-7-13-11/h2-7H,1H3,(H,14,16). The van der Waals surface area contributed by atoms with Crippen LogP contribution in [0.15, 0.2) is 46.2 Å². The van der Waals surface area contributed by atoms with Crippen LogP contribution in [0.2, 0.25) is 0 Å². The molecule has 2 rings (SSSR count). The fourth-order valence-electron chi connectivity index (χ4n) is 1.43. The van der Waals surface area contributed by atoms with Crippen LogP contribution in [0.5, 0.6) is 0 Å². The Kier molecular flexibility index (Phi) is 3.66. The fourth-order valence-corrected chi connectivity index (χ4v) is 2.39. The first kappa shape index (κ1) is 13.9. The molecule has 0 bridgehead atoms. The van der Waals surface area contributed by atoms with Crippen LogP contribution in [-0.2, 0) is 10.0 Å². The van der Waals surface area contributed by atoms with E-state index in [0.717, 1.165) is 12.7 Å². The van der Waals surface area contributed by atoms with Gasteiger partial charge < -0.3 is 4.42 Å². The second-order valence-corrected chi connectivity index (χ2v) is 5.57. The smallest absolute Gasteiger partial charge is 0.286 e. The predicted octanol–water partition coefficient (Wildman–Crippen LogP) is 0.996. The Morgan fingerprint density at radius 1 is 1.20 bits per heavy atom. The summed E-state index contributed by atoms with van der Waals surface area (Å²) >= 11 is 0. The molecule has 20 heavy (non-hydrogen) atoms. The Balaban J connectivity index is 2.22. The molecular formula is C12H10N2O5S. The molecule has 8 heteroatoms. The monoisotopic (exact) mass is 294 g/mol. The molecule has 2 aromatic rings.